The fraction of sp³-hybridized carbons (Fsp3) is 0.304. The minimum Gasteiger partial charge on any atom is -0.476 e. The zero-order chi connectivity index (χ0) is 20.3. The van der Waals surface area contributed by atoms with E-state index in [0.29, 0.717) is 29.4 Å². The van der Waals surface area contributed by atoms with E-state index < -0.39 is 11.6 Å². The molecule has 0 radical (unpaired) electrons. The highest BCUT2D eigenvalue weighted by Gasteiger charge is 2.31. The molecule has 2 aromatic rings. The Kier molecular flexibility index (Phi) is 5.54. The summed E-state index contributed by atoms with van der Waals surface area (Å²) < 4.78 is 16.5. The number of hydrogen-bond donors (Lipinski definition) is 0. The van der Waals surface area contributed by atoms with Crippen molar-refractivity contribution in [2.45, 2.75) is 39.7 Å². The largest absolute Gasteiger partial charge is 0.476 e. The normalized spacial score (nSPS) is 14.6. The van der Waals surface area contributed by atoms with Crippen molar-refractivity contribution < 1.29 is 23.8 Å². The first-order chi connectivity index (χ1) is 13.3. The molecule has 0 saturated heterocycles. The minimum atomic E-state index is -1.08. The van der Waals surface area contributed by atoms with Crippen molar-refractivity contribution in [2.24, 2.45) is 0 Å². The summed E-state index contributed by atoms with van der Waals surface area (Å²) in [5.41, 5.74) is 1.42. The fourth-order valence-corrected chi connectivity index (χ4v) is 2.88. The van der Waals surface area contributed by atoms with E-state index in [4.69, 9.17) is 14.2 Å². The van der Waals surface area contributed by atoms with Gasteiger partial charge >= 0.3 is 5.97 Å². The lowest BCUT2D eigenvalue weighted by molar-refractivity contribution is -0.158. The van der Waals surface area contributed by atoms with Crippen LogP contribution in [0.2, 0.25) is 0 Å². The molecule has 0 saturated carbocycles. The van der Waals surface area contributed by atoms with Gasteiger partial charge in [0.25, 0.3) is 0 Å². The Labute approximate surface area is 164 Å². The molecule has 1 heterocycles. The van der Waals surface area contributed by atoms with E-state index in [1.165, 1.54) is 0 Å². The fourth-order valence-electron chi connectivity index (χ4n) is 2.88. The second-order valence-electron chi connectivity index (χ2n) is 7.03. The molecule has 0 bridgehead atoms. The Morgan fingerprint density at radius 1 is 1.11 bits per heavy atom. The molecule has 5 nitrogen and oxygen atoms in total. The molecule has 2 aromatic carbocycles. The lowest BCUT2D eigenvalue weighted by Crippen LogP contribution is -2.39. The van der Waals surface area contributed by atoms with E-state index in [1.807, 2.05) is 18.2 Å². The number of ketones is 1. The summed E-state index contributed by atoms with van der Waals surface area (Å²) in [6.07, 6.45) is 2.59. The van der Waals surface area contributed by atoms with Gasteiger partial charge in [0.05, 0.1) is 12.2 Å². The minimum absolute atomic E-state index is 0.124. The molecule has 3 rings (SSSR count). The lowest BCUT2D eigenvalue weighted by atomic mass is 10.1. The van der Waals surface area contributed by atoms with Gasteiger partial charge in [-0.15, -0.1) is 0 Å². The topological polar surface area (TPSA) is 61.8 Å². The van der Waals surface area contributed by atoms with Crippen LogP contribution in [0.4, 0.5) is 0 Å². The van der Waals surface area contributed by atoms with Crippen LogP contribution < -0.4 is 9.47 Å². The van der Waals surface area contributed by atoms with Gasteiger partial charge in [0.2, 0.25) is 5.78 Å². The van der Waals surface area contributed by atoms with Crippen molar-refractivity contribution in [3.8, 4) is 11.5 Å². The standard InChI is InChI=1S/C23H24O5/c1-5-15-9-12-18-19(13-15)27-20(21(18)24)14-16-7-10-17(11-8-16)28-23(3,4)22(25)26-6-2/h7-14H,5-6H2,1-4H3/b20-14+. The predicted molar refractivity (Wildman–Crippen MR) is 107 cm³/mol. The number of esters is 1. The maximum atomic E-state index is 12.5. The third-order valence-corrected chi connectivity index (χ3v) is 4.46. The second-order valence-corrected chi connectivity index (χ2v) is 7.03. The zero-order valence-corrected chi connectivity index (χ0v) is 16.6. The summed E-state index contributed by atoms with van der Waals surface area (Å²) in [5, 5.41) is 0. The van der Waals surface area contributed by atoms with Crippen molar-refractivity contribution in [1.29, 1.82) is 0 Å². The Balaban J connectivity index is 1.74. The van der Waals surface area contributed by atoms with Crippen LogP contribution >= 0.6 is 0 Å². The zero-order valence-electron chi connectivity index (χ0n) is 16.6. The molecule has 0 amide bonds. The van der Waals surface area contributed by atoms with Crippen molar-refractivity contribution in [3.05, 3.63) is 64.9 Å². The highest BCUT2D eigenvalue weighted by molar-refractivity contribution is 6.14. The maximum absolute atomic E-state index is 12.5. The van der Waals surface area contributed by atoms with Gasteiger partial charge in [0, 0.05) is 0 Å². The van der Waals surface area contributed by atoms with Crippen LogP contribution in [0.25, 0.3) is 6.08 Å². The maximum Gasteiger partial charge on any atom is 0.349 e. The van der Waals surface area contributed by atoms with Gasteiger partial charge in [-0.3, -0.25) is 4.79 Å². The number of ether oxygens (including phenoxy) is 3. The van der Waals surface area contributed by atoms with Crippen LogP contribution in [0.5, 0.6) is 11.5 Å². The molecule has 0 atom stereocenters. The lowest BCUT2D eigenvalue weighted by Gasteiger charge is -2.24. The number of carbonyl (C=O) groups is 2. The summed E-state index contributed by atoms with van der Waals surface area (Å²) in [6, 6.07) is 12.8. The van der Waals surface area contributed by atoms with Gasteiger partial charge in [-0.1, -0.05) is 25.1 Å². The smallest absolute Gasteiger partial charge is 0.349 e. The van der Waals surface area contributed by atoms with E-state index in [2.05, 4.69) is 6.92 Å². The van der Waals surface area contributed by atoms with Gasteiger partial charge in [0.15, 0.2) is 11.4 Å². The van der Waals surface area contributed by atoms with Crippen LogP contribution in [-0.2, 0) is 16.0 Å². The molecule has 0 spiro atoms. The van der Waals surface area contributed by atoms with E-state index in [0.717, 1.165) is 17.5 Å². The number of rotatable bonds is 6. The van der Waals surface area contributed by atoms with E-state index >= 15 is 0 Å². The molecular formula is C23H24O5. The molecule has 0 fully saturated rings. The van der Waals surface area contributed by atoms with Gasteiger partial charge in [0.1, 0.15) is 11.5 Å². The van der Waals surface area contributed by atoms with E-state index in [9.17, 15) is 9.59 Å². The first kappa shape index (κ1) is 19.7. The Bertz CT molecular complexity index is 923. The number of fused-ring (bicyclic) bond motifs is 1. The average molecular weight is 380 g/mol. The number of Topliss-reactive ketones (excluding diaryl/α,β-unsaturated/α-hetero) is 1. The molecule has 146 valence electrons. The van der Waals surface area contributed by atoms with Crippen LogP contribution in [0.3, 0.4) is 0 Å². The molecule has 1 aliphatic rings. The third-order valence-electron chi connectivity index (χ3n) is 4.46. The first-order valence-corrected chi connectivity index (χ1v) is 9.37. The number of allylic oxidation sites excluding steroid dienone is 1. The monoisotopic (exact) mass is 380 g/mol. The van der Waals surface area contributed by atoms with Crippen LogP contribution in [-0.4, -0.2) is 24.0 Å². The Morgan fingerprint density at radius 2 is 1.82 bits per heavy atom. The number of benzene rings is 2. The molecule has 0 N–H and O–H groups in total. The highest BCUT2D eigenvalue weighted by Crippen LogP contribution is 2.33. The van der Waals surface area contributed by atoms with Gasteiger partial charge in [-0.05, 0) is 68.7 Å². The molecule has 28 heavy (non-hydrogen) atoms. The van der Waals surface area contributed by atoms with Crippen molar-refractivity contribution in [3.63, 3.8) is 0 Å². The van der Waals surface area contributed by atoms with Crippen molar-refractivity contribution >= 4 is 17.8 Å². The van der Waals surface area contributed by atoms with Gasteiger partial charge in [-0.2, -0.15) is 0 Å². The Morgan fingerprint density at radius 3 is 2.46 bits per heavy atom. The third kappa shape index (κ3) is 4.09. The van der Waals surface area contributed by atoms with Crippen LogP contribution in [0.1, 0.15) is 49.2 Å². The number of hydrogen-bond acceptors (Lipinski definition) is 5. The van der Waals surface area contributed by atoms with Crippen molar-refractivity contribution in [2.75, 3.05) is 6.61 Å². The number of carbonyl (C=O) groups excluding carboxylic acids is 2. The summed E-state index contributed by atoms with van der Waals surface area (Å²) in [4.78, 5) is 24.5. The summed E-state index contributed by atoms with van der Waals surface area (Å²) in [5.74, 6) is 0.891. The van der Waals surface area contributed by atoms with E-state index in [-0.39, 0.29) is 5.78 Å². The average Bonchev–Trinajstić information content (AvgIpc) is 2.98. The SMILES string of the molecule is CCOC(=O)C(C)(C)Oc1ccc(/C=C2/Oc3cc(CC)ccc3C2=O)cc1. The van der Waals surface area contributed by atoms with E-state index in [1.54, 1.807) is 51.1 Å². The van der Waals surface area contributed by atoms with Crippen LogP contribution in [0, 0.1) is 0 Å². The van der Waals surface area contributed by atoms with Crippen molar-refractivity contribution in [1.82, 2.24) is 0 Å². The molecule has 0 unspecified atom stereocenters. The molecule has 1 aliphatic heterocycles. The first-order valence-electron chi connectivity index (χ1n) is 9.37. The van der Waals surface area contributed by atoms with Gasteiger partial charge in [-0.25, -0.2) is 4.79 Å². The molecule has 0 aliphatic carbocycles. The quantitative estimate of drug-likeness (QED) is 0.542. The summed E-state index contributed by atoms with van der Waals surface area (Å²) >= 11 is 0. The summed E-state index contributed by atoms with van der Waals surface area (Å²) in [7, 11) is 0. The second kappa shape index (κ2) is 7.89. The molecule has 5 heteroatoms. The summed E-state index contributed by atoms with van der Waals surface area (Å²) in [6.45, 7) is 7.43. The Hall–Kier alpha value is -3.08. The number of aryl methyl sites for hydroxylation is 1. The molecule has 0 aromatic heterocycles. The predicted octanol–water partition coefficient (Wildman–Crippen LogP) is 4.59. The van der Waals surface area contributed by atoms with Crippen LogP contribution in [0.15, 0.2) is 48.2 Å². The molecular weight excluding hydrogens is 356 g/mol. The van der Waals surface area contributed by atoms with Gasteiger partial charge < -0.3 is 14.2 Å². The highest BCUT2D eigenvalue weighted by atomic mass is 16.6.